The number of rotatable bonds is 5. The molecule has 3 heterocycles. The van der Waals surface area contributed by atoms with E-state index in [1.807, 2.05) is 22.8 Å². The fourth-order valence-corrected chi connectivity index (χ4v) is 5.02. The third kappa shape index (κ3) is 3.93. The van der Waals surface area contributed by atoms with Crippen molar-refractivity contribution >= 4 is 45.3 Å². The van der Waals surface area contributed by atoms with Gasteiger partial charge in [-0.15, -0.1) is 0 Å². The predicted molar refractivity (Wildman–Crippen MR) is 124 cm³/mol. The average molecular weight is 460 g/mol. The van der Waals surface area contributed by atoms with E-state index in [1.54, 1.807) is 22.8 Å². The standard InChI is InChI=1S/C22H23Cl2N5O2/c23-14-2-4-19-17(12-14)25-21(30)28(19)9-1-8-27-10-6-16(7-11-27)29-20-5-3-15(24)13-18(20)26-22(29)31/h2-5,12-13,16H,1,6-11H2,(H,25,30)(H,26,31). The number of hydrogen-bond acceptors (Lipinski definition) is 3. The number of imidazole rings is 2. The zero-order valence-electron chi connectivity index (χ0n) is 16.9. The van der Waals surface area contributed by atoms with E-state index in [0.717, 1.165) is 61.0 Å². The Morgan fingerprint density at radius 2 is 1.45 bits per heavy atom. The third-order valence-corrected chi connectivity index (χ3v) is 6.66. The molecular formula is C22H23Cl2N5O2. The van der Waals surface area contributed by atoms with Crippen molar-refractivity contribution in [3.05, 3.63) is 67.4 Å². The fourth-order valence-electron chi connectivity index (χ4n) is 4.68. The Hall–Kier alpha value is -2.48. The molecule has 0 saturated carbocycles. The summed E-state index contributed by atoms with van der Waals surface area (Å²) in [5.41, 5.74) is 3.16. The SMILES string of the molecule is O=c1[nH]c2cc(Cl)ccc2n1CCCN1CCC(n2c(=O)[nH]c3cc(Cl)ccc32)CC1. The molecule has 2 aromatic carbocycles. The quantitative estimate of drug-likeness (QED) is 0.473. The highest BCUT2D eigenvalue weighted by atomic mass is 35.5. The van der Waals surface area contributed by atoms with Crippen molar-refractivity contribution in [2.45, 2.75) is 31.8 Å². The van der Waals surface area contributed by atoms with E-state index in [0.29, 0.717) is 16.6 Å². The first-order valence-electron chi connectivity index (χ1n) is 10.5. The molecule has 31 heavy (non-hydrogen) atoms. The summed E-state index contributed by atoms with van der Waals surface area (Å²) >= 11 is 12.1. The Bertz CT molecular complexity index is 1360. The van der Waals surface area contributed by atoms with E-state index in [4.69, 9.17) is 23.2 Å². The first-order chi connectivity index (χ1) is 15.0. The first-order valence-corrected chi connectivity index (χ1v) is 11.3. The number of aryl methyl sites for hydroxylation is 1. The molecule has 0 radical (unpaired) electrons. The normalized spacial score (nSPS) is 15.9. The summed E-state index contributed by atoms with van der Waals surface area (Å²) in [5.74, 6) is 0. The number of likely N-dealkylation sites (tertiary alicyclic amines) is 1. The second-order valence-electron chi connectivity index (χ2n) is 8.13. The van der Waals surface area contributed by atoms with E-state index in [-0.39, 0.29) is 17.4 Å². The number of benzene rings is 2. The van der Waals surface area contributed by atoms with Gasteiger partial charge in [0.05, 0.1) is 22.1 Å². The number of aromatic amines is 2. The van der Waals surface area contributed by atoms with Crippen molar-refractivity contribution < 1.29 is 0 Å². The van der Waals surface area contributed by atoms with Crippen LogP contribution >= 0.6 is 23.2 Å². The van der Waals surface area contributed by atoms with E-state index < -0.39 is 0 Å². The Labute approximate surface area is 188 Å². The maximum Gasteiger partial charge on any atom is 0.326 e. The molecule has 1 aliphatic rings. The van der Waals surface area contributed by atoms with Crippen LogP contribution in [0.3, 0.4) is 0 Å². The van der Waals surface area contributed by atoms with Crippen molar-refractivity contribution in [3.63, 3.8) is 0 Å². The average Bonchev–Trinajstić information content (AvgIpc) is 3.23. The molecule has 0 bridgehead atoms. The first kappa shape index (κ1) is 20.4. The molecule has 1 saturated heterocycles. The van der Waals surface area contributed by atoms with Crippen molar-refractivity contribution in [1.29, 1.82) is 0 Å². The topological polar surface area (TPSA) is 78.8 Å². The highest BCUT2D eigenvalue weighted by Crippen LogP contribution is 2.26. The number of nitrogens with one attached hydrogen (secondary N) is 2. The molecule has 162 valence electrons. The molecule has 0 aliphatic carbocycles. The highest BCUT2D eigenvalue weighted by molar-refractivity contribution is 6.31. The van der Waals surface area contributed by atoms with Crippen LogP contribution in [0.2, 0.25) is 10.0 Å². The zero-order valence-corrected chi connectivity index (χ0v) is 18.4. The van der Waals surface area contributed by atoms with Gasteiger partial charge < -0.3 is 14.9 Å². The van der Waals surface area contributed by atoms with Crippen molar-refractivity contribution in [2.24, 2.45) is 0 Å². The second-order valence-corrected chi connectivity index (χ2v) is 9.00. The Morgan fingerprint density at radius 1 is 0.839 bits per heavy atom. The lowest BCUT2D eigenvalue weighted by molar-refractivity contribution is 0.183. The Kier molecular flexibility index (Phi) is 5.42. The van der Waals surface area contributed by atoms with Crippen LogP contribution in [-0.2, 0) is 6.54 Å². The summed E-state index contributed by atoms with van der Waals surface area (Å²) in [6.07, 6.45) is 2.72. The molecule has 1 aliphatic heterocycles. The molecular weight excluding hydrogens is 437 g/mol. The molecule has 0 unspecified atom stereocenters. The minimum atomic E-state index is -0.102. The van der Waals surface area contributed by atoms with Gasteiger partial charge in [-0.1, -0.05) is 23.2 Å². The lowest BCUT2D eigenvalue weighted by atomic mass is 10.0. The van der Waals surface area contributed by atoms with E-state index in [9.17, 15) is 9.59 Å². The molecule has 2 aromatic heterocycles. The van der Waals surface area contributed by atoms with E-state index >= 15 is 0 Å². The molecule has 2 N–H and O–H groups in total. The van der Waals surface area contributed by atoms with Crippen molar-refractivity contribution in [2.75, 3.05) is 19.6 Å². The maximum atomic E-state index is 12.5. The molecule has 0 atom stereocenters. The van der Waals surface area contributed by atoms with Crippen LogP contribution in [0.5, 0.6) is 0 Å². The van der Waals surface area contributed by atoms with Gasteiger partial charge in [0, 0.05) is 35.7 Å². The molecule has 0 amide bonds. The summed E-state index contributed by atoms with van der Waals surface area (Å²) in [5, 5.41) is 1.23. The number of H-pyrrole nitrogens is 2. The van der Waals surface area contributed by atoms with Crippen molar-refractivity contribution in [1.82, 2.24) is 24.0 Å². The van der Waals surface area contributed by atoms with Crippen molar-refractivity contribution in [3.8, 4) is 0 Å². The largest absolute Gasteiger partial charge is 0.326 e. The number of halogens is 2. The van der Waals surface area contributed by atoms with Crippen LogP contribution < -0.4 is 11.4 Å². The van der Waals surface area contributed by atoms with Gasteiger partial charge in [0.15, 0.2) is 0 Å². The third-order valence-electron chi connectivity index (χ3n) is 6.19. The van der Waals surface area contributed by atoms with Crippen LogP contribution in [0.25, 0.3) is 22.1 Å². The zero-order chi connectivity index (χ0) is 21.5. The minimum Gasteiger partial charge on any atom is -0.305 e. The number of fused-ring (bicyclic) bond motifs is 2. The summed E-state index contributed by atoms with van der Waals surface area (Å²) in [6, 6.07) is 11.2. The van der Waals surface area contributed by atoms with Gasteiger partial charge in [0.2, 0.25) is 0 Å². The molecule has 4 aromatic rings. The van der Waals surface area contributed by atoms with Crippen LogP contribution in [-0.4, -0.2) is 43.6 Å². The summed E-state index contributed by atoms with van der Waals surface area (Å²) in [6.45, 7) is 3.42. The van der Waals surface area contributed by atoms with Gasteiger partial charge in [-0.25, -0.2) is 9.59 Å². The molecule has 9 heteroatoms. The van der Waals surface area contributed by atoms with Gasteiger partial charge in [-0.05, 0) is 62.2 Å². The van der Waals surface area contributed by atoms with E-state index in [2.05, 4.69) is 14.9 Å². The summed E-state index contributed by atoms with van der Waals surface area (Å²) in [7, 11) is 0. The minimum absolute atomic E-state index is 0.0745. The van der Waals surface area contributed by atoms with Gasteiger partial charge >= 0.3 is 11.4 Å². The highest BCUT2D eigenvalue weighted by Gasteiger charge is 2.23. The summed E-state index contributed by atoms with van der Waals surface area (Å²) < 4.78 is 3.65. The van der Waals surface area contributed by atoms with Gasteiger partial charge in [0.1, 0.15) is 0 Å². The van der Waals surface area contributed by atoms with Crippen LogP contribution in [0, 0.1) is 0 Å². The van der Waals surface area contributed by atoms with Gasteiger partial charge in [-0.2, -0.15) is 0 Å². The predicted octanol–water partition coefficient (Wildman–Crippen LogP) is 4.01. The Morgan fingerprint density at radius 3 is 2.16 bits per heavy atom. The van der Waals surface area contributed by atoms with Crippen LogP contribution in [0.15, 0.2) is 46.0 Å². The number of nitrogens with zero attached hydrogens (tertiary/aromatic N) is 3. The summed E-state index contributed by atoms with van der Waals surface area (Å²) in [4.78, 5) is 33.0. The smallest absolute Gasteiger partial charge is 0.305 e. The monoisotopic (exact) mass is 459 g/mol. The number of aromatic nitrogens is 4. The molecule has 7 nitrogen and oxygen atoms in total. The number of hydrogen-bond donors (Lipinski definition) is 2. The Balaban J connectivity index is 1.21. The molecule has 0 spiro atoms. The lowest BCUT2D eigenvalue weighted by Gasteiger charge is -2.32. The molecule has 5 rings (SSSR count). The lowest BCUT2D eigenvalue weighted by Crippen LogP contribution is -2.37. The van der Waals surface area contributed by atoms with E-state index in [1.165, 1.54) is 0 Å². The molecule has 1 fully saturated rings. The van der Waals surface area contributed by atoms with Gasteiger partial charge in [-0.3, -0.25) is 9.13 Å². The number of piperidine rings is 1. The fraction of sp³-hybridized carbons (Fsp3) is 0.364. The second kappa shape index (κ2) is 8.22. The van der Waals surface area contributed by atoms with Gasteiger partial charge in [0.25, 0.3) is 0 Å². The van der Waals surface area contributed by atoms with Crippen LogP contribution in [0.4, 0.5) is 0 Å². The van der Waals surface area contributed by atoms with Crippen LogP contribution in [0.1, 0.15) is 25.3 Å². The maximum absolute atomic E-state index is 12.5.